The minimum absolute atomic E-state index is 0.0333. The Labute approximate surface area is 151 Å². The molecule has 1 amide bonds. The van der Waals surface area contributed by atoms with Crippen molar-refractivity contribution in [2.45, 2.75) is 19.6 Å². The Morgan fingerprint density at radius 3 is 2.74 bits per heavy atom. The van der Waals surface area contributed by atoms with Gasteiger partial charge in [-0.25, -0.2) is 14.4 Å². The molecule has 0 spiro atoms. The number of nitrogens with one attached hydrogen (secondary N) is 1. The van der Waals surface area contributed by atoms with Crippen molar-refractivity contribution in [3.05, 3.63) is 60.3 Å². The van der Waals surface area contributed by atoms with E-state index in [-0.39, 0.29) is 11.3 Å². The first-order valence-corrected chi connectivity index (χ1v) is 7.66. The number of hydrogen-bond acceptors (Lipinski definition) is 6. The third kappa shape index (κ3) is 4.37. The Morgan fingerprint density at radius 1 is 1.22 bits per heavy atom. The zero-order chi connectivity index (χ0) is 19.4. The summed E-state index contributed by atoms with van der Waals surface area (Å²) in [4.78, 5) is 24.1. The fourth-order valence-electron chi connectivity index (χ4n) is 2.27. The molecular formula is C16H13F3N6O2. The minimum Gasteiger partial charge on any atom is -0.433 e. The molecule has 27 heavy (non-hydrogen) atoms. The monoisotopic (exact) mass is 378 g/mol. The predicted molar refractivity (Wildman–Crippen MR) is 85.9 cm³/mol. The predicted octanol–water partition coefficient (Wildman–Crippen LogP) is 2.29. The lowest BCUT2D eigenvalue weighted by molar-refractivity contribution is -0.0501. The molecular weight excluding hydrogens is 365 g/mol. The number of hydrogen-bond donors (Lipinski definition) is 1. The van der Waals surface area contributed by atoms with E-state index in [9.17, 15) is 18.0 Å². The third-order valence-corrected chi connectivity index (χ3v) is 3.44. The van der Waals surface area contributed by atoms with Gasteiger partial charge in [0.2, 0.25) is 0 Å². The van der Waals surface area contributed by atoms with Crippen molar-refractivity contribution in [2.24, 2.45) is 0 Å². The average Bonchev–Trinajstić information content (AvgIpc) is 3.12. The van der Waals surface area contributed by atoms with Gasteiger partial charge < -0.3 is 10.1 Å². The van der Waals surface area contributed by atoms with E-state index in [1.54, 1.807) is 6.92 Å². The highest BCUT2D eigenvalue weighted by molar-refractivity contribution is 5.94. The Morgan fingerprint density at radius 2 is 2.04 bits per heavy atom. The zero-order valence-corrected chi connectivity index (χ0v) is 13.9. The Bertz CT molecular complexity index is 932. The summed E-state index contributed by atoms with van der Waals surface area (Å²) in [5, 5.41) is 6.67. The van der Waals surface area contributed by atoms with Gasteiger partial charge in [0.05, 0.1) is 24.0 Å². The van der Waals surface area contributed by atoms with Crippen LogP contribution >= 0.6 is 0 Å². The Balaban J connectivity index is 1.76. The molecule has 0 radical (unpaired) electrons. The second kappa shape index (κ2) is 7.81. The quantitative estimate of drug-likeness (QED) is 0.707. The minimum atomic E-state index is -3.02. The van der Waals surface area contributed by atoms with Crippen LogP contribution in [0, 0.1) is 5.82 Å². The van der Waals surface area contributed by atoms with E-state index in [0.717, 1.165) is 18.5 Å². The topological polar surface area (TPSA) is 94.8 Å². The first kappa shape index (κ1) is 18.3. The molecule has 0 aliphatic rings. The van der Waals surface area contributed by atoms with E-state index >= 15 is 0 Å². The van der Waals surface area contributed by atoms with Crippen molar-refractivity contribution in [3.63, 3.8) is 0 Å². The summed E-state index contributed by atoms with van der Waals surface area (Å²) < 4.78 is 43.2. The summed E-state index contributed by atoms with van der Waals surface area (Å²) >= 11 is 0. The van der Waals surface area contributed by atoms with Gasteiger partial charge in [0.1, 0.15) is 17.9 Å². The number of carbonyl (C=O) groups excluding carboxylic acids is 1. The van der Waals surface area contributed by atoms with Crippen molar-refractivity contribution in [1.29, 1.82) is 0 Å². The maximum Gasteiger partial charge on any atom is 0.387 e. The fraction of sp³-hybridized carbons (Fsp3) is 0.188. The molecule has 3 aromatic rings. The van der Waals surface area contributed by atoms with Crippen LogP contribution in [0.3, 0.4) is 0 Å². The average molecular weight is 378 g/mol. The smallest absolute Gasteiger partial charge is 0.387 e. The summed E-state index contributed by atoms with van der Waals surface area (Å²) in [5.41, 5.74) is 0.0333. The maximum absolute atomic E-state index is 13.0. The molecule has 0 saturated carbocycles. The van der Waals surface area contributed by atoms with Gasteiger partial charge in [-0.2, -0.15) is 18.6 Å². The van der Waals surface area contributed by atoms with Gasteiger partial charge in [-0.1, -0.05) is 0 Å². The van der Waals surface area contributed by atoms with Crippen LogP contribution in [-0.4, -0.2) is 37.3 Å². The summed E-state index contributed by atoms with van der Waals surface area (Å²) in [6.45, 7) is -1.37. The molecule has 3 aromatic heterocycles. The molecule has 0 aliphatic heterocycles. The van der Waals surface area contributed by atoms with Crippen molar-refractivity contribution in [2.75, 3.05) is 0 Å². The van der Waals surface area contributed by atoms with Crippen LogP contribution < -0.4 is 10.1 Å². The SMILES string of the molecule is CC(NC(=O)c1cncc(OC(F)F)c1)c1ncnn1-c1ccc(F)cn1. The van der Waals surface area contributed by atoms with Crippen LogP contribution in [0.1, 0.15) is 29.1 Å². The highest BCUT2D eigenvalue weighted by atomic mass is 19.3. The number of carbonyl (C=O) groups is 1. The summed E-state index contributed by atoms with van der Waals surface area (Å²) in [6, 6.07) is 3.16. The van der Waals surface area contributed by atoms with Gasteiger partial charge in [0.25, 0.3) is 5.91 Å². The molecule has 0 aromatic carbocycles. The van der Waals surface area contributed by atoms with Crippen molar-refractivity contribution >= 4 is 5.91 Å². The lowest BCUT2D eigenvalue weighted by Gasteiger charge is -2.14. The van der Waals surface area contributed by atoms with Crippen LogP contribution in [0.15, 0.2) is 43.1 Å². The first-order valence-electron chi connectivity index (χ1n) is 7.66. The van der Waals surface area contributed by atoms with Gasteiger partial charge in [0, 0.05) is 6.20 Å². The van der Waals surface area contributed by atoms with Crippen LogP contribution in [-0.2, 0) is 0 Å². The highest BCUT2D eigenvalue weighted by Gasteiger charge is 2.19. The number of halogens is 3. The van der Waals surface area contributed by atoms with E-state index in [1.165, 1.54) is 29.3 Å². The van der Waals surface area contributed by atoms with E-state index in [4.69, 9.17) is 0 Å². The Kier molecular flexibility index (Phi) is 5.29. The van der Waals surface area contributed by atoms with Gasteiger partial charge in [-0.3, -0.25) is 9.78 Å². The van der Waals surface area contributed by atoms with Crippen molar-refractivity contribution < 1.29 is 22.7 Å². The van der Waals surface area contributed by atoms with E-state index in [2.05, 4.69) is 30.1 Å². The second-order valence-corrected chi connectivity index (χ2v) is 5.35. The standard InChI is InChI=1S/C16H13F3N6O2/c1-9(14-22-8-23-25(14)13-3-2-11(17)6-21-13)24-15(26)10-4-12(7-20-5-10)27-16(18)19/h2-9,16H,1H3,(H,24,26). The van der Waals surface area contributed by atoms with E-state index in [0.29, 0.717) is 11.6 Å². The molecule has 0 fully saturated rings. The zero-order valence-electron chi connectivity index (χ0n) is 13.9. The van der Waals surface area contributed by atoms with E-state index < -0.39 is 24.4 Å². The Hall–Kier alpha value is -3.50. The maximum atomic E-state index is 13.0. The summed E-state index contributed by atoms with van der Waals surface area (Å²) in [7, 11) is 0. The van der Waals surface area contributed by atoms with Crippen LogP contribution in [0.2, 0.25) is 0 Å². The normalized spacial score (nSPS) is 12.0. The summed E-state index contributed by atoms with van der Waals surface area (Å²) in [6.07, 6.45) is 4.59. The molecule has 3 rings (SSSR count). The number of alkyl halides is 2. The lowest BCUT2D eigenvalue weighted by atomic mass is 10.2. The molecule has 0 aliphatic carbocycles. The van der Waals surface area contributed by atoms with Gasteiger partial charge in [-0.15, -0.1) is 0 Å². The largest absolute Gasteiger partial charge is 0.433 e. The highest BCUT2D eigenvalue weighted by Crippen LogP contribution is 2.17. The van der Waals surface area contributed by atoms with Crippen LogP contribution in [0.4, 0.5) is 13.2 Å². The second-order valence-electron chi connectivity index (χ2n) is 5.35. The number of ether oxygens (including phenoxy) is 1. The molecule has 11 heteroatoms. The molecule has 1 atom stereocenters. The molecule has 0 saturated heterocycles. The van der Waals surface area contributed by atoms with E-state index in [1.807, 2.05) is 0 Å². The number of rotatable bonds is 6. The summed E-state index contributed by atoms with van der Waals surface area (Å²) in [5.74, 6) is -0.644. The molecule has 0 bridgehead atoms. The van der Waals surface area contributed by atoms with Gasteiger partial charge in [-0.05, 0) is 25.1 Å². The third-order valence-electron chi connectivity index (χ3n) is 3.44. The molecule has 1 unspecified atom stereocenters. The molecule has 140 valence electrons. The number of pyridine rings is 2. The number of nitrogens with zero attached hydrogens (tertiary/aromatic N) is 5. The van der Waals surface area contributed by atoms with Crippen LogP contribution in [0.25, 0.3) is 5.82 Å². The number of amides is 1. The molecule has 8 nitrogen and oxygen atoms in total. The van der Waals surface area contributed by atoms with Crippen LogP contribution in [0.5, 0.6) is 5.75 Å². The van der Waals surface area contributed by atoms with Crippen molar-refractivity contribution in [1.82, 2.24) is 30.0 Å². The van der Waals surface area contributed by atoms with Gasteiger partial charge in [0.15, 0.2) is 11.6 Å². The lowest BCUT2D eigenvalue weighted by Crippen LogP contribution is -2.29. The molecule has 1 N–H and O–H groups in total. The molecule has 3 heterocycles. The van der Waals surface area contributed by atoms with Crippen molar-refractivity contribution in [3.8, 4) is 11.6 Å². The number of aromatic nitrogens is 5. The fourth-order valence-corrected chi connectivity index (χ4v) is 2.27. The van der Waals surface area contributed by atoms with Gasteiger partial charge >= 0.3 is 6.61 Å². The first-order chi connectivity index (χ1) is 12.9.